The van der Waals surface area contributed by atoms with E-state index >= 15 is 0 Å². The predicted molar refractivity (Wildman–Crippen MR) is 161 cm³/mol. The van der Waals surface area contributed by atoms with Gasteiger partial charge in [-0.25, -0.2) is 4.39 Å². The Bertz CT molecular complexity index is 1140. The highest BCUT2D eigenvalue weighted by Crippen LogP contribution is 2.42. The van der Waals surface area contributed by atoms with Crippen molar-refractivity contribution < 1.29 is 4.39 Å². The highest BCUT2D eigenvalue weighted by Gasteiger charge is 2.28. The van der Waals surface area contributed by atoms with E-state index in [4.69, 9.17) is 0 Å². The molecule has 1 aliphatic carbocycles. The fraction of sp³-hybridized carbons (Fsp3) is 0.471. The Balaban J connectivity index is 1.95. The Kier molecular flexibility index (Phi) is 10.9. The zero-order chi connectivity index (χ0) is 26.8. The number of benzene rings is 2. The molecule has 1 aliphatic rings. The van der Waals surface area contributed by atoms with E-state index in [0.29, 0.717) is 24.9 Å². The van der Waals surface area contributed by atoms with Crippen molar-refractivity contribution in [3.05, 3.63) is 70.8 Å². The minimum Gasteiger partial charge on any atom is -0.382 e. The van der Waals surface area contributed by atoms with Gasteiger partial charge in [-0.3, -0.25) is 0 Å². The van der Waals surface area contributed by atoms with Gasteiger partial charge in [-0.15, -0.1) is 0 Å². The lowest BCUT2D eigenvalue weighted by Gasteiger charge is -2.31. The summed E-state index contributed by atoms with van der Waals surface area (Å²) in [5, 5.41) is 7.30. The maximum absolute atomic E-state index is 14.5. The van der Waals surface area contributed by atoms with E-state index in [-0.39, 0.29) is 0 Å². The molecule has 2 N–H and O–H groups in total. The average Bonchev–Trinajstić information content (AvgIpc) is 2.88. The maximum atomic E-state index is 14.5. The molecule has 0 radical (unpaired) electrons. The van der Waals surface area contributed by atoms with Crippen LogP contribution in [-0.2, 0) is 6.42 Å². The van der Waals surface area contributed by atoms with Gasteiger partial charge in [-0.2, -0.15) is 0 Å². The first kappa shape index (κ1) is 28.6. The Morgan fingerprint density at radius 1 is 1.11 bits per heavy atom. The maximum Gasteiger partial charge on any atom is 0.101 e. The average molecular weight is 501 g/mol. The van der Waals surface area contributed by atoms with Crippen LogP contribution in [0.15, 0.2) is 48.6 Å². The second kappa shape index (κ2) is 14.1. The summed E-state index contributed by atoms with van der Waals surface area (Å²) in [5.74, 6) is 7.15. The van der Waals surface area contributed by atoms with Crippen LogP contribution in [0.25, 0.3) is 11.6 Å². The third kappa shape index (κ3) is 7.51. The zero-order valence-corrected chi connectivity index (χ0v) is 23.5. The fourth-order valence-corrected chi connectivity index (χ4v) is 5.49. The summed E-state index contributed by atoms with van der Waals surface area (Å²) in [5.41, 5.74) is 9.25. The van der Waals surface area contributed by atoms with Crippen molar-refractivity contribution in [3.8, 4) is 11.8 Å². The smallest absolute Gasteiger partial charge is 0.101 e. The monoisotopic (exact) mass is 500 g/mol. The van der Waals surface area contributed by atoms with Gasteiger partial charge < -0.3 is 10.6 Å². The molecule has 0 bridgehead atoms. The Morgan fingerprint density at radius 3 is 2.51 bits per heavy atom. The second-order valence-corrected chi connectivity index (χ2v) is 10.4. The number of alkyl halides is 1. The van der Waals surface area contributed by atoms with Crippen LogP contribution >= 0.6 is 0 Å². The number of fused-ring (bicyclic) bond motifs is 1. The molecule has 2 aromatic carbocycles. The third-order valence-electron chi connectivity index (χ3n) is 7.31. The molecular weight excluding hydrogens is 455 g/mol. The van der Waals surface area contributed by atoms with Crippen LogP contribution in [0.4, 0.5) is 15.8 Å². The lowest BCUT2D eigenvalue weighted by molar-refractivity contribution is 0.367. The van der Waals surface area contributed by atoms with E-state index < -0.39 is 6.17 Å². The highest BCUT2D eigenvalue weighted by atomic mass is 19.1. The first-order valence-corrected chi connectivity index (χ1v) is 14.1. The number of allylic oxidation sites excluding steroid dienone is 2. The van der Waals surface area contributed by atoms with Gasteiger partial charge in [0.25, 0.3) is 0 Å². The number of hydrogen-bond acceptors (Lipinski definition) is 2. The standard InChI is InChI=1S/C34H45FN2/c1-7-13-28(14-8-2)37-34-17-11-15-30-31(22-25(6)35)29(26(9-3)23-32(30)34)16-12-20-36-33-19-18-24(5)21-27(33)10-4/h10-11,15,17-19,21,25-26,28,36-37H,4,7-9,13-14,20,22-23H2,1-3,5-6H3. The molecule has 37 heavy (non-hydrogen) atoms. The third-order valence-corrected chi connectivity index (χ3v) is 7.31. The molecule has 0 amide bonds. The van der Waals surface area contributed by atoms with Gasteiger partial charge in [-0.05, 0) is 85.9 Å². The summed E-state index contributed by atoms with van der Waals surface area (Å²) in [4.78, 5) is 0. The molecule has 0 spiro atoms. The van der Waals surface area contributed by atoms with Gasteiger partial charge in [0.1, 0.15) is 6.17 Å². The molecule has 0 fully saturated rings. The van der Waals surface area contributed by atoms with Gasteiger partial charge in [0.05, 0.1) is 6.54 Å². The van der Waals surface area contributed by atoms with Crippen LogP contribution < -0.4 is 10.6 Å². The molecule has 3 heteroatoms. The van der Waals surface area contributed by atoms with Crippen LogP contribution in [0.1, 0.15) is 88.5 Å². The van der Waals surface area contributed by atoms with E-state index in [2.05, 4.69) is 93.1 Å². The van der Waals surface area contributed by atoms with Crippen molar-refractivity contribution in [1.82, 2.24) is 0 Å². The van der Waals surface area contributed by atoms with Crippen LogP contribution in [0.3, 0.4) is 0 Å². The molecule has 0 aliphatic heterocycles. The zero-order valence-electron chi connectivity index (χ0n) is 23.5. The Morgan fingerprint density at radius 2 is 1.86 bits per heavy atom. The molecule has 3 rings (SSSR count). The normalized spacial score (nSPS) is 15.6. The van der Waals surface area contributed by atoms with Crippen LogP contribution in [0.2, 0.25) is 0 Å². The van der Waals surface area contributed by atoms with E-state index in [1.54, 1.807) is 6.92 Å². The lowest BCUT2D eigenvalue weighted by atomic mass is 9.75. The second-order valence-electron chi connectivity index (χ2n) is 10.4. The molecule has 2 unspecified atom stereocenters. The van der Waals surface area contributed by atoms with Crippen molar-refractivity contribution in [1.29, 1.82) is 0 Å². The largest absolute Gasteiger partial charge is 0.382 e. The SMILES string of the molecule is C=Cc1cc(C)ccc1NCC#CC1=C(CC(C)F)c2cccc(NC(CCC)CCC)c2CC1CC. The van der Waals surface area contributed by atoms with E-state index in [9.17, 15) is 4.39 Å². The molecule has 0 saturated carbocycles. The molecule has 0 aromatic heterocycles. The molecule has 2 nitrogen and oxygen atoms in total. The topological polar surface area (TPSA) is 24.1 Å². The molecule has 2 aromatic rings. The molecule has 0 heterocycles. The van der Waals surface area contributed by atoms with Crippen molar-refractivity contribution in [2.75, 3.05) is 17.2 Å². The van der Waals surface area contributed by atoms with E-state index in [1.807, 2.05) is 6.08 Å². The quantitative estimate of drug-likeness (QED) is 0.284. The molecule has 2 atom stereocenters. The summed E-state index contributed by atoms with van der Waals surface area (Å²) in [6.45, 7) is 14.9. The molecule has 0 saturated heterocycles. The first-order valence-electron chi connectivity index (χ1n) is 14.1. The van der Waals surface area contributed by atoms with E-state index in [1.165, 1.54) is 35.2 Å². The minimum atomic E-state index is -0.916. The van der Waals surface area contributed by atoms with Crippen LogP contribution in [0, 0.1) is 24.7 Å². The lowest BCUT2D eigenvalue weighted by Crippen LogP contribution is -2.23. The van der Waals surface area contributed by atoms with E-state index in [0.717, 1.165) is 48.1 Å². The summed E-state index contributed by atoms with van der Waals surface area (Å²) in [7, 11) is 0. The minimum absolute atomic E-state index is 0.301. The number of rotatable bonds is 12. The number of aryl methyl sites for hydroxylation is 1. The summed E-state index contributed by atoms with van der Waals surface area (Å²) in [6.07, 6.45) is 7.94. The van der Waals surface area contributed by atoms with Gasteiger partial charge in [0.15, 0.2) is 0 Å². The predicted octanol–water partition coefficient (Wildman–Crippen LogP) is 9.22. The first-order chi connectivity index (χ1) is 17.9. The van der Waals surface area contributed by atoms with Crippen molar-refractivity contribution in [2.24, 2.45) is 5.92 Å². The summed E-state index contributed by atoms with van der Waals surface area (Å²) in [6, 6.07) is 13.3. The Hall–Kier alpha value is -2.99. The van der Waals surface area contributed by atoms with Gasteiger partial charge in [0, 0.05) is 29.4 Å². The number of anilines is 2. The molecule has 198 valence electrons. The van der Waals surface area contributed by atoms with Gasteiger partial charge >= 0.3 is 0 Å². The van der Waals surface area contributed by atoms with Crippen molar-refractivity contribution >= 4 is 23.0 Å². The summed E-state index contributed by atoms with van der Waals surface area (Å²) < 4.78 is 14.5. The summed E-state index contributed by atoms with van der Waals surface area (Å²) >= 11 is 0. The van der Waals surface area contributed by atoms with Gasteiger partial charge in [-0.1, -0.05) is 81.9 Å². The Labute approximate surface area is 224 Å². The number of nitrogens with one attached hydrogen (secondary N) is 2. The number of hydrogen-bond donors (Lipinski definition) is 2. The number of halogens is 1. The van der Waals surface area contributed by atoms with Gasteiger partial charge in [0.2, 0.25) is 0 Å². The van der Waals surface area contributed by atoms with Crippen LogP contribution in [-0.4, -0.2) is 18.8 Å². The van der Waals surface area contributed by atoms with Crippen LogP contribution in [0.5, 0.6) is 0 Å². The van der Waals surface area contributed by atoms with Crippen molar-refractivity contribution in [2.45, 2.75) is 91.8 Å². The van der Waals surface area contributed by atoms with Crippen molar-refractivity contribution in [3.63, 3.8) is 0 Å². The highest BCUT2D eigenvalue weighted by molar-refractivity contribution is 5.81. The fourth-order valence-electron chi connectivity index (χ4n) is 5.49. The molecular formula is C34H45FN2.